The molecule has 15 heavy (non-hydrogen) atoms. The topological polar surface area (TPSA) is 49.3 Å². The van der Waals surface area contributed by atoms with Gasteiger partial charge < -0.3 is 10.4 Å². The standard InChI is InChI=1S/C12H25NO2/c1-5-10(14)7-9-13-11(15)6-8-12(2,3)4/h10,14H,5-9H2,1-4H3,(H,13,15). The fourth-order valence-electron chi connectivity index (χ4n) is 1.16. The fourth-order valence-corrected chi connectivity index (χ4v) is 1.16. The number of aliphatic hydroxyl groups is 1. The van der Waals surface area contributed by atoms with Crippen LogP contribution in [-0.4, -0.2) is 23.7 Å². The molecule has 1 amide bonds. The van der Waals surface area contributed by atoms with Crippen LogP contribution >= 0.6 is 0 Å². The Hall–Kier alpha value is -0.570. The van der Waals surface area contributed by atoms with E-state index in [-0.39, 0.29) is 17.4 Å². The van der Waals surface area contributed by atoms with Crippen molar-refractivity contribution in [1.29, 1.82) is 0 Å². The molecule has 0 aromatic heterocycles. The summed E-state index contributed by atoms with van der Waals surface area (Å²) in [5.41, 5.74) is 0.209. The minimum atomic E-state index is -0.284. The van der Waals surface area contributed by atoms with Gasteiger partial charge in [-0.25, -0.2) is 0 Å². The van der Waals surface area contributed by atoms with E-state index in [2.05, 4.69) is 26.1 Å². The molecular formula is C12H25NO2. The van der Waals surface area contributed by atoms with Gasteiger partial charge in [0, 0.05) is 13.0 Å². The summed E-state index contributed by atoms with van der Waals surface area (Å²) in [6.07, 6.45) is 2.59. The van der Waals surface area contributed by atoms with E-state index in [0.29, 0.717) is 19.4 Å². The van der Waals surface area contributed by atoms with Crippen LogP contribution in [-0.2, 0) is 4.79 Å². The third-order valence-electron chi connectivity index (χ3n) is 2.37. The van der Waals surface area contributed by atoms with Gasteiger partial charge in [-0.15, -0.1) is 0 Å². The summed E-state index contributed by atoms with van der Waals surface area (Å²) in [7, 11) is 0. The van der Waals surface area contributed by atoms with Crippen LogP contribution < -0.4 is 5.32 Å². The van der Waals surface area contributed by atoms with E-state index in [9.17, 15) is 9.90 Å². The fraction of sp³-hybridized carbons (Fsp3) is 0.917. The van der Waals surface area contributed by atoms with Crippen LogP contribution in [0.5, 0.6) is 0 Å². The molecule has 0 heterocycles. The maximum Gasteiger partial charge on any atom is 0.220 e. The van der Waals surface area contributed by atoms with Gasteiger partial charge in [0.25, 0.3) is 0 Å². The first-order valence-electron chi connectivity index (χ1n) is 5.80. The Kier molecular flexibility index (Phi) is 6.57. The second kappa shape index (κ2) is 6.83. The van der Waals surface area contributed by atoms with E-state index < -0.39 is 0 Å². The summed E-state index contributed by atoms with van der Waals surface area (Å²) < 4.78 is 0. The van der Waals surface area contributed by atoms with Crippen LogP contribution in [0.15, 0.2) is 0 Å². The molecule has 0 saturated heterocycles. The molecule has 0 aliphatic rings. The number of aliphatic hydroxyl groups excluding tert-OH is 1. The highest BCUT2D eigenvalue weighted by Gasteiger charge is 2.12. The Morgan fingerprint density at radius 1 is 1.40 bits per heavy atom. The molecule has 0 fully saturated rings. The number of hydrogen-bond acceptors (Lipinski definition) is 2. The SMILES string of the molecule is CCC(O)CCNC(=O)CCC(C)(C)C. The first-order chi connectivity index (χ1) is 6.85. The van der Waals surface area contributed by atoms with Gasteiger partial charge in [-0.3, -0.25) is 4.79 Å². The molecule has 1 unspecified atom stereocenters. The number of rotatable bonds is 6. The Bertz CT molecular complexity index is 185. The molecule has 2 N–H and O–H groups in total. The minimum Gasteiger partial charge on any atom is -0.393 e. The van der Waals surface area contributed by atoms with Crippen LogP contribution in [0.2, 0.25) is 0 Å². The second-order valence-corrected chi connectivity index (χ2v) is 5.26. The number of amides is 1. The Morgan fingerprint density at radius 2 is 2.00 bits per heavy atom. The molecule has 0 aromatic rings. The van der Waals surface area contributed by atoms with E-state index in [1.165, 1.54) is 0 Å². The molecular weight excluding hydrogens is 190 g/mol. The van der Waals surface area contributed by atoms with E-state index in [4.69, 9.17) is 0 Å². The summed E-state index contributed by atoms with van der Waals surface area (Å²) in [6, 6.07) is 0. The normalized spacial score (nSPS) is 13.7. The highest BCUT2D eigenvalue weighted by molar-refractivity contribution is 5.75. The molecule has 0 spiro atoms. The van der Waals surface area contributed by atoms with Crippen molar-refractivity contribution in [1.82, 2.24) is 5.32 Å². The van der Waals surface area contributed by atoms with E-state index in [1.807, 2.05) is 6.92 Å². The zero-order valence-electron chi connectivity index (χ0n) is 10.5. The van der Waals surface area contributed by atoms with Crippen molar-refractivity contribution in [2.75, 3.05) is 6.54 Å². The average Bonchev–Trinajstić information content (AvgIpc) is 2.13. The van der Waals surface area contributed by atoms with Gasteiger partial charge in [0.05, 0.1) is 6.10 Å². The van der Waals surface area contributed by atoms with E-state index in [1.54, 1.807) is 0 Å². The van der Waals surface area contributed by atoms with E-state index >= 15 is 0 Å². The third-order valence-corrected chi connectivity index (χ3v) is 2.37. The van der Waals surface area contributed by atoms with Crippen molar-refractivity contribution in [3.63, 3.8) is 0 Å². The van der Waals surface area contributed by atoms with Crippen molar-refractivity contribution in [3.8, 4) is 0 Å². The Balaban J connectivity index is 3.50. The third kappa shape index (κ3) is 9.73. The lowest BCUT2D eigenvalue weighted by molar-refractivity contribution is -0.121. The monoisotopic (exact) mass is 215 g/mol. The Morgan fingerprint density at radius 3 is 2.47 bits per heavy atom. The predicted octanol–water partition coefficient (Wildman–Crippen LogP) is 2.09. The lowest BCUT2D eigenvalue weighted by atomic mass is 9.90. The summed E-state index contributed by atoms with van der Waals surface area (Å²) in [4.78, 5) is 11.4. The number of hydrogen-bond donors (Lipinski definition) is 2. The molecule has 0 aliphatic heterocycles. The lowest BCUT2D eigenvalue weighted by Gasteiger charge is -2.17. The highest BCUT2D eigenvalue weighted by atomic mass is 16.3. The van der Waals surface area contributed by atoms with Crippen LogP contribution in [0.25, 0.3) is 0 Å². The minimum absolute atomic E-state index is 0.0910. The molecule has 90 valence electrons. The molecule has 0 rings (SSSR count). The average molecular weight is 215 g/mol. The predicted molar refractivity (Wildman–Crippen MR) is 62.6 cm³/mol. The van der Waals surface area contributed by atoms with Crippen LogP contribution in [0.4, 0.5) is 0 Å². The molecule has 3 nitrogen and oxygen atoms in total. The maximum absolute atomic E-state index is 11.4. The van der Waals surface area contributed by atoms with Crippen molar-refractivity contribution in [2.45, 2.75) is 59.5 Å². The maximum atomic E-state index is 11.4. The van der Waals surface area contributed by atoms with Crippen molar-refractivity contribution < 1.29 is 9.90 Å². The van der Waals surface area contributed by atoms with Gasteiger partial charge in [0.1, 0.15) is 0 Å². The summed E-state index contributed by atoms with van der Waals surface area (Å²) >= 11 is 0. The molecule has 0 aliphatic carbocycles. The summed E-state index contributed by atoms with van der Waals surface area (Å²) in [6.45, 7) is 8.90. The highest BCUT2D eigenvalue weighted by Crippen LogP contribution is 2.20. The van der Waals surface area contributed by atoms with Gasteiger partial charge in [0.15, 0.2) is 0 Å². The lowest BCUT2D eigenvalue weighted by Crippen LogP contribution is -2.27. The molecule has 1 atom stereocenters. The van der Waals surface area contributed by atoms with Crippen molar-refractivity contribution in [3.05, 3.63) is 0 Å². The zero-order valence-corrected chi connectivity index (χ0v) is 10.5. The van der Waals surface area contributed by atoms with Crippen LogP contribution in [0.3, 0.4) is 0 Å². The number of nitrogens with one attached hydrogen (secondary N) is 1. The number of carbonyl (C=O) groups excluding carboxylic acids is 1. The van der Waals surface area contributed by atoms with Crippen molar-refractivity contribution >= 4 is 5.91 Å². The van der Waals surface area contributed by atoms with Gasteiger partial charge in [0.2, 0.25) is 5.91 Å². The molecule has 3 heteroatoms. The van der Waals surface area contributed by atoms with Crippen LogP contribution in [0, 0.1) is 5.41 Å². The number of carbonyl (C=O) groups is 1. The largest absolute Gasteiger partial charge is 0.393 e. The molecule has 0 aromatic carbocycles. The van der Waals surface area contributed by atoms with Gasteiger partial charge >= 0.3 is 0 Å². The quantitative estimate of drug-likeness (QED) is 0.713. The zero-order chi connectivity index (χ0) is 11.9. The van der Waals surface area contributed by atoms with Gasteiger partial charge in [-0.05, 0) is 24.7 Å². The molecule has 0 bridgehead atoms. The first-order valence-corrected chi connectivity index (χ1v) is 5.80. The van der Waals surface area contributed by atoms with Crippen molar-refractivity contribution in [2.24, 2.45) is 5.41 Å². The molecule has 0 saturated carbocycles. The smallest absolute Gasteiger partial charge is 0.220 e. The molecule has 0 radical (unpaired) electrons. The first kappa shape index (κ1) is 14.4. The van der Waals surface area contributed by atoms with Gasteiger partial charge in [-0.2, -0.15) is 0 Å². The second-order valence-electron chi connectivity index (χ2n) is 5.26. The van der Waals surface area contributed by atoms with E-state index in [0.717, 1.165) is 12.8 Å². The summed E-state index contributed by atoms with van der Waals surface area (Å²) in [5, 5.41) is 12.1. The van der Waals surface area contributed by atoms with Crippen LogP contribution in [0.1, 0.15) is 53.4 Å². The van der Waals surface area contributed by atoms with Gasteiger partial charge in [-0.1, -0.05) is 27.7 Å². The summed E-state index contributed by atoms with van der Waals surface area (Å²) in [5.74, 6) is 0.0910. The Labute approximate surface area is 93.3 Å².